The molecule has 0 unspecified atom stereocenters. The van der Waals surface area contributed by atoms with Gasteiger partial charge in [0, 0.05) is 19.6 Å². The molecule has 1 fully saturated rings. The van der Waals surface area contributed by atoms with Crippen molar-refractivity contribution in [1.82, 2.24) is 15.0 Å². The van der Waals surface area contributed by atoms with Crippen molar-refractivity contribution in [3.63, 3.8) is 0 Å². The van der Waals surface area contributed by atoms with Crippen LogP contribution in [0.2, 0.25) is 0 Å². The van der Waals surface area contributed by atoms with E-state index < -0.39 is 0 Å². The van der Waals surface area contributed by atoms with Gasteiger partial charge >= 0.3 is 0 Å². The van der Waals surface area contributed by atoms with Crippen LogP contribution in [0.15, 0.2) is 35.4 Å². The Balaban J connectivity index is 1.75. The Labute approximate surface area is 145 Å². The minimum Gasteiger partial charge on any atom is -0.395 e. The number of aliphatic hydroxyl groups is 1. The molecular formula is C16H21N7O2. The first-order chi connectivity index (χ1) is 12.3. The molecule has 3 rings (SSSR count). The number of nitrogens with zero attached hydrogens (tertiary/aromatic N) is 5. The van der Waals surface area contributed by atoms with Gasteiger partial charge in [-0.3, -0.25) is 0 Å². The van der Waals surface area contributed by atoms with Crippen molar-refractivity contribution >= 4 is 24.1 Å². The molecule has 1 saturated heterocycles. The van der Waals surface area contributed by atoms with Crippen molar-refractivity contribution in [3.8, 4) is 0 Å². The number of aliphatic hydroxyl groups excluding tert-OH is 1. The van der Waals surface area contributed by atoms with Crippen LogP contribution < -0.4 is 15.6 Å². The summed E-state index contributed by atoms with van der Waals surface area (Å²) in [4.78, 5) is 15.1. The number of nitrogens with one attached hydrogen (secondary N) is 2. The van der Waals surface area contributed by atoms with Gasteiger partial charge in [0.15, 0.2) is 0 Å². The second kappa shape index (κ2) is 8.90. The molecular weight excluding hydrogens is 322 g/mol. The van der Waals surface area contributed by atoms with E-state index in [-0.39, 0.29) is 6.61 Å². The first-order valence-electron chi connectivity index (χ1n) is 8.13. The maximum absolute atomic E-state index is 8.98. The van der Waals surface area contributed by atoms with Gasteiger partial charge in [0.2, 0.25) is 17.8 Å². The second-order valence-electron chi connectivity index (χ2n) is 5.31. The SMILES string of the molecule is OCCNc1nc(N/N=C/c2ccccc2)nc(N2CCOCC2)n1. The Morgan fingerprint density at radius 3 is 2.64 bits per heavy atom. The molecule has 25 heavy (non-hydrogen) atoms. The summed E-state index contributed by atoms with van der Waals surface area (Å²) in [6.45, 7) is 3.07. The summed E-state index contributed by atoms with van der Waals surface area (Å²) in [5, 5.41) is 16.1. The number of aromatic nitrogens is 3. The van der Waals surface area contributed by atoms with Gasteiger partial charge in [-0.15, -0.1) is 0 Å². The number of rotatable bonds is 7. The highest BCUT2D eigenvalue weighted by Gasteiger charge is 2.16. The summed E-state index contributed by atoms with van der Waals surface area (Å²) in [6, 6.07) is 9.73. The summed E-state index contributed by atoms with van der Waals surface area (Å²) < 4.78 is 5.36. The molecule has 0 amide bonds. The third-order valence-electron chi connectivity index (χ3n) is 3.49. The molecule has 1 aromatic carbocycles. The molecule has 0 bridgehead atoms. The molecule has 0 aliphatic carbocycles. The second-order valence-corrected chi connectivity index (χ2v) is 5.31. The van der Waals surface area contributed by atoms with E-state index in [1.165, 1.54) is 0 Å². The number of morpholine rings is 1. The van der Waals surface area contributed by atoms with Crippen LogP contribution in [-0.4, -0.2) is 65.7 Å². The average Bonchev–Trinajstić information content (AvgIpc) is 2.68. The summed E-state index contributed by atoms with van der Waals surface area (Å²) in [6.07, 6.45) is 1.69. The highest BCUT2D eigenvalue weighted by Crippen LogP contribution is 2.15. The molecule has 0 radical (unpaired) electrons. The standard InChI is InChI=1S/C16H21N7O2/c24-9-6-17-14-19-15(22-18-12-13-4-2-1-3-5-13)21-16(20-14)23-7-10-25-11-8-23/h1-5,12,24H,6-11H2,(H2,17,19,20,21,22)/b18-12+. The van der Waals surface area contributed by atoms with E-state index in [1.807, 2.05) is 35.2 Å². The lowest BCUT2D eigenvalue weighted by molar-refractivity contribution is 0.122. The van der Waals surface area contributed by atoms with E-state index in [9.17, 15) is 0 Å². The van der Waals surface area contributed by atoms with Gasteiger partial charge in [-0.25, -0.2) is 5.43 Å². The number of hydrazone groups is 1. The van der Waals surface area contributed by atoms with E-state index >= 15 is 0 Å². The van der Waals surface area contributed by atoms with E-state index in [1.54, 1.807) is 6.21 Å². The van der Waals surface area contributed by atoms with Gasteiger partial charge in [-0.05, 0) is 5.56 Å². The molecule has 0 saturated carbocycles. The third kappa shape index (κ3) is 5.10. The predicted molar refractivity (Wildman–Crippen MR) is 96.1 cm³/mol. The zero-order chi connectivity index (χ0) is 17.3. The maximum Gasteiger partial charge on any atom is 0.250 e. The van der Waals surface area contributed by atoms with Crippen LogP contribution in [0, 0.1) is 0 Å². The molecule has 0 atom stereocenters. The van der Waals surface area contributed by atoms with Gasteiger partial charge < -0.3 is 20.1 Å². The van der Waals surface area contributed by atoms with Crippen molar-refractivity contribution in [1.29, 1.82) is 0 Å². The van der Waals surface area contributed by atoms with E-state index in [0.717, 1.165) is 18.7 Å². The van der Waals surface area contributed by atoms with Crippen LogP contribution >= 0.6 is 0 Å². The molecule has 9 nitrogen and oxygen atoms in total. The molecule has 2 heterocycles. The van der Waals surface area contributed by atoms with E-state index in [0.29, 0.717) is 37.6 Å². The smallest absolute Gasteiger partial charge is 0.250 e. The fourth-order valence-electron chi connectivity index (χ4n) is 2.27. The highest BCUT2D eigenvalue weighted by atomic mass is 16.5. The summed E-state index contributed by atoms with van der Waals surface area (Å²) in [5.41, 5.74) is 3.80. The predicted octanol–water partition coefficient (Wildman–Crippen LogP) is 0.558. The number of hydrogen-bond acceptors (Lipinski definition) is 9. The molecule has 9 heteroatoms. The lowest BCUT2D eigenvalue weighted by Crippen LogP contribution is -2.37. The topological polar surface area (TPSA) is 108 Å². The Bertz CT molecular complexity index is 690. The van der Waals surface area contributed by atoms with Gasteiger partial charge in [-0.1, -0.05) is 30.3 Å². The van der Waals surface area contributed by atoms with Crippen LogP contribution in [0.1, 0.15) is 5.56 Å². The molecule has 3 N–H and O–H groups in total. The summed E-state index contributed by atoms with van der Waals surface area (Å²) >= 11 is 0. The average molecular weight is 343 g/mol. The molecule has 0 spiro atoms. The van der Waals surface area contributed by atoms with Crippen molar-refractivity contribution in [3.05, 3.63) is 35.9 Å². The Hall–Kier alpha value is -2.78. The zero-order valence-corrected chi connectivity index (χ0v) is 13.8. The number of hydrogen-bond donors (Lipinski definition) is 3. The first-order valence-corrected chi connectivity index (χ1v) is 8.13. The Kier molecular flexibility index (Phi) is 6.07. The third-order valence-corrected chi connectivity index (χ3v) is 3.49. The molecule has 1 aliphatic rings. The fourth-order valence-corrected chi connectivity index (χ4v) is 2.27. The molecule has 1 aromatic heterocycles. The zero-order valence-electron chi connectivity index (χ0n) is 13.8. The molecule has 1 aliphatic heterocycles. The van der Waals surface area contributed by atoms with Crippen LogP contribution in [0.4, 0.5) is 17.8 Å². The number of anilines is 3. The number of ether oxygens (including phenoxy) is 1. The Morgan fingerprint density at radius 2 is 1.88 bits per heavy atom. The monoisotopic (exact) mass is 343 g/mol. The quantitative estimate of drug-likeness (QED) is 0.494. The van der Waals surface area contributed by atoms with Crippen LogP contribution in [0.25, 0.3) is 0 Å². The highest BCUT2D eigenvalue weighted by molar-refractivity contribution is 5.79. The first kappa shape index (κ1) is 17.1. The van der Waals surface area contributed by atoms with Crippen LogP contribution in [-0.2, 0) is 4.74 Å². The van der Waals surface area contributed by atoms with Crippen LogP contribution in [0.5, 0.6) is 0 Å². The van der Waals surface area contributed by atoms with Gasteiger partial charge in [0.25, 0.3) is 0 Å². The van der Waals surface area contributed by atoms with E-state index in [2.05, 4.69) is 30.8 Å². The normalized spacial score (nSPS) is 14.7. The minimum absolute atomic E-state index is 0.00646. The fraction of sp³-hybridized carbons (Fsp3) is 0.375. The minimum atomic E-state index is -0.00646. The lowest BCUT2D eigenvalue weighted by Gasteiger charge is -2.27. The Morgan fingerprint density at radius 1 is 1.12 bits per heavy atom. The van der Waals surface area contributed by atoms with Crippen LogP contribution in [0.3, 0.4) is 0 Å². The van der Waals surface area contributed by atoms with Crippen molar-refractivity contribution in [2.24, 2.45) is 5.10 Å². The molecule has 132 valence electrons. The van der Waals surface area contributed by atoms with Gasteiger partial charge in [0.1, 0.15) is 0 Å². The summed E-state index contributed by atoms with van der Waals surface area (Å²) in [7, 11) is 0. The van der Waals surface area contributed by atoms with Crippen molar-refractivity contribution in [2.75, 3.05) is 55.1 Å². The summed E-state index contributed by atoms with van der Waals surface area (Å²) in [5.74, 6) is 1.28. The number of benzene rings is 1. The molecule has 2 aromatic rings. The van der Waals surface area contributed by atoms with Gasteiger partial charge in [-0.2, -0.15) is 20.1 Å². The maximum atomic E-state index is 8.98. The van der Waals surface area contributed by atoms with E-state index in [4.69, 9.17) is 9.84 Å². The van der Waals surface area contributed by atoms with Crippen molar-refractivity contribution < 1.29 is 9.84 Å². The largest absolute Gasteiger partial charge is 0.395 e. The van der Waals surface area contributed by atoms with Gasteiger partial charge in [0.05, 0.1) is 26.0 Å². The lowest BCUT2D eigenvalue weighted by atomic mass is 10.2. The van der Waals surface area contributed by atoms with Crippen molar-refractivity contribution in [2.45, 2.75) is 0 Å².